The second kappa shape index (κ2) is 7.76. The van der Waals surface area contributed by atoms with Crippen molar-refractivity contribution in [2.45, 2.75) is 13.0 Å². The fraction of sp³-hybridized carbons (Fsp3) is 0.176. The Kier molecular flexibility index (Phi) is 5.73. The van der Waals surface area contributed by atoms with E-state index >= 15 is 0 Å². The fourth-order valence-electron chi connectivity index (χ4n) is 1.96. The first-order chi connectivity index (χ1) is 11.0. The Morgan fingerprint density at radius 2 is 1.74 bits per heavy atom. The maximum Gasteiger partial charge on any atom is 0.313 e. The zero-order valence-corrected chi connectivity index (χ0v) is 13.3. The Morgan fingerprint density at radius 3 is 2.39 bits per heavy atom. The van der Waals surface area contributed by atoms with Gasteiger partial charge in [-0.15, -0.1) is 0 Å². The predicted octanol–water partition coefficient (Wildman–Crippen LogP) is 2.44. The maximum absolute atomic E-state index is 11.8. The molecule has 0 saturated carbocycles. The summed E-state index contributed by atoms with van der Waals surface area (Å²) in [6.07, 6.45) is -0.914. The topological polar surface area (TPSA) is 78.4 Å². The van der Waals surface area contributed by atoms with Crippen molar-refractivity contribution in [3.05, 3.63) is 64.7 Å². The molecule has 0 fully saturated rings. The van der Waals surface area contributed by atoms with E-state index in [0.717, 1.165) is 5.56 Å². The largest absolute Gasteiger partial charge is 0.387 e. The van der Waals surface area contributed by atoms with Crippen LogP contribution in [0.4, 0.5) is 5.69 Å². The Morgan fingerprint density at radius 1 is 1.09 bits per heavy atom. The van der Waals surface area contributed by atoms with Crippen molar-refractivity contribution < 1.29 is 14.7 Å². The van der Waals surface area contributed by atoms with E-state index in [1.807, 2.05) is 19.1 Å². The smallest absolute Gasteiger partial charge is 0.313 e. The second-order valence-electron chi connectivity index (χ2n) is 5.05. The lowest BCUT2D eigenvalue weighted by molar-refractivity contribution is -0.136. The van der Waals surface area contributed by atoms with Crippen LogP contribution in [0.2, 0.25) is 5.02 Å². The number of anilines is 1. The molecule has 0 radical (unpaired) electrons. The second-order valence-corrected chi connectivity index (χ2v) is 5.48. The highest BCUT2D eigenvalue weighted by molar-refractivity contribution is 6.39. The third-order valence-electron chi connectivity index (χ3n) is 3.31. The van der Waals surface area contributed by atoms with Crippen molar-refractivity contribution in [1.29, 1.82) is 0 Å². The van der Waals surface area contributed by atoms with Crippen LogP contribution in [0.5, 0.6) is 0 Å². The molecule has 0 spiro atoms. The van der Waals surface area contributed by atoms with Crippen molar-refractivity contribution >= 4 is 29.1 Å². The summed E-state index contributed by atoms with van der Waals surface area (Å²) in [6.45, 7) is 1.76. The summed E-state index contributed by atoms with van der Waals surface area (Å²) >= 11 is 5.77. The number of nitrogens with one attached hydrogen (secondary N) is 2. The van der Waals surface area contributed by atoms with Gasteiger partial charge in [0, 0.05) is 17.3 Å². The third kappa shape index (κ3) is 4.81. The summed E-state index contributed by atoms with van der Waals surface area (Å²) in [4.78, 5) is 23.6. The van der Waals surface area contributed by atoms with E-state index in [1.165, 1.54) is 0 Å². The molecule has 2 rings (SSSR count). The Labute approximate surface area is 139 Å². The van der Waals surface area contributed by atoms with Gasteiger partial charge in [-0.2, -0.15) is 0 Å². The Balaban J connectivity index is 1.87. The van der Waals surface area contributed by atoms with Gasteiger partial charge in [0.2, 0.25) is 0 Å². The molecular weight excluding hydrogens is 316 g/mol. The number of para-hydroxylation sites is 1. The molecule has 2 aromatic carbocycles. The standard InChI is InChI=1S/C17H17ClN2O3/c1-11-4-2-3-5-14(11)20-17(23)16(22)19-10-15(21)12-6-8-13(18)9-7-12/h2-9,15,21H,10H2,1H3,(H,19,22)(H,20,23). The van der Waals surface area contributed by atoms with E-state index in [-0.39, 0.29) is 6.54 Å². The normalized spacial score (nSPS) is 11.6. The molecule has 23 heavy (non-hydrogen) atoms. The minimum absolute atomic E-state index is 0.0678. The molecule has 0 aliphatic carbocycles. The number of aryl methyl sites for hydroxylation is 1. The zero-order chi connectivity index (χ0) is 16.8. The number of hydrogen-bond acceptors (Lipinski definition) is 3. The van der Waals surface area contributed by atoms with Gasteiger partial charge in [0.25, 0.3) is 0 Å². The highest BCUT2D eigenvalue weighted by Gasteiger charge is 2.16. The van der Waals surface area contributed by atoms with Gasteiger partial charge in [0.15, 0.2) is 0 Å². The highest BCUT2D eigenvalue weighted by atomic mass is 35.5. The van der Waals surface area contributed by atoms with Crippen molar-refractivity contribution in [3.8, 4) is 0 Å². The molecule has 0 saturated heterocycles. The van der Waals surface area contributed by atoms with Gasteiger partial charge in [-0.25, -0.2) is 0 Å². The summed E-state index contributed by atoms with van der Waals surface area (Å²) in [6, 6.07) is 13.8. The summed E-state index contributed by atoms with van der Waals surface area (Å²) in [5, 5.41) is 15.5. The quantitative estimate of drug-likeness (QED) is 0.752. The number of hydrogen-bond donors (Lipinski definition) is 3. The Hall–Kier alpha value is -2.37. The van der Waals surface area contributed by atoms with E-state index in [0.29, 0.717) is 16.3 Å². The van der Waals surface area contributed by atoms with Crippen LogP contribution in [0.15, 0.2) is 48.5 Å². The minimum atomic E-state index is -0.914. The summed E-state index contributed by atoms with van der Waals surface area (Å²) < 4.78 is 0. The number of benzene rings is 2. The zero-order valence-electron chi connectivity index (χ0n) is 12.5. The van der Waals surface area contributed by atoms with E-state index in [9.17, 15) is 14.7 Å². The van der Waals surface area contributed by atoms with Crippen LogP contribution in [-0.4, -0.2) is 23.5 Å². The molecule has 0 aliphatic heterocycles. The molecule has 0 aliphatic rings. The van der Waals surface area contributed by atoms with Gasteiger partial charge in [-0.3, -0.25) is 9.59 Å². The van der Waals surface area contributed by atoms with Gasteiger partial charge in [-0.05, 0) is 36.2 Å². The van der Waals surface area contributed by atoms with Crippen LogP contribution in [0.1, 0.15) is 17.2 Å². The van der Waals surface area contributed by atoms with E-state index in [2.05, 4.69) is 10.6 Å². The predicted molar refractivity (Wildman–Crippen MR) is 89.2 cm³/mol. The van der Waals surface area contributed by atoms with Gasteiger partial charge < -0.3 is 15.7 Å². The monoisotopic (exact) mass is 332 g/mol. The summed E-state index contributed by atoms with van der Waals surface area (Å²) in [5.41, 5.74) is 2.04. The van der Waals surface area contributed by atoms with Gasteiger partial charge in [0.1, 0.15) is 0 Å². The first kappa shape index (κ1) is 17.0. The van der Waals surface area contributed by atoms with Crippen LogP contribution in [0.3, 0.4) is 0 Å². The Bertz CT molecular complexity index is 701. The highest BCUT2D eigenvalue weighted by Crippen LogP contribution is 2.16. The molecule has 0 heterocycles. The first-order valence-corrected chi connectivity index (χ1v) is 7.43. The first-order valence-electron chi connectivity index (χ1n) is 7.05. The number of rotatable bonds is 4. The average molecular weight is 333 g/mol. The number of aliphatic hydroxyl groups is 1. The van der Waals surface area contributed by atoms with Gasteiger partial charge >= 0.3 is 11.8 Å². The SMILES string of the molecule is Cc1ccccc1NC(=O)C(=O)NCC(O)c1ccc(Cl)cc1. The molecule has 2 amide bonds. The number of carbonyl (C=O) groups is 2. The summed E-state index contributed by atoms with van der Waals surface area (Å²) in [7, 11) is 0. The molecule has 1 atom stereocenters. The number of halogens is 1. The number of aliphatic hydroxyl groups excluding tert-OH is 1. The fourth-order valence-corrected chi connectivity index (χ4v) is 2.09. The molecule has 3 N–H and O–H groups in total. The van der Waals surface area contributed by atoms with Crippen molar-refractivity contribution in [2.75, 3.05) is 11.9 Å². The molecule has 2 aromatic rings. The van der Waals surface area contributed by atoms with Crippen molar-refractivity contribution in [3.63, 3.8) is 0 Å². The van der Waals surface area contributed by atoms with Crippen LogP contribution in [0.25, 0.3) is 0 Å². The van der Waals surface area contributed by atoms with Gasteiger partial charge in [0.05, 0.1) is 6.10 Å². The molecule has 0 bridgehead atoms. The lowest BCUT2D eigenvalue weighted by Gasteiger charge is -2.13. The third-order valence-corrected chi connectivity index (χ3v) is 3.56. The maximum atomic E-state index is 11.8. The average Bonchev–Trinajstić information content (AvgIpc) is 2.55. The van der Waals surface area contributed by atoms with Crippen molar-refractivity contribution in [1.82, 2.24) is 5.32 Å². The molecule has 0 aromatic heterocycles. The molecule has 1 unspecified atom stereocenters. The number of carbonyl (C=O) groups excluding carboxylic acids is 2. The van der Waals surface area contributed by atoms with Crippen LogP contribution in [-0.2, 0) is 9.59 Å². The van der Waals surface area contributed by atoms with E-state index in [4.69, 9.17) is 11.6 Å². The number of amides is 2. The lowest BCUT2D eigenvalue weighted by Crippen LogP contribution is -2.37. The van der Waals surface area contributed by atoms with Gasteiger partial charge in [-0.1, -0.05) is 41.9 Å². The molecule has 6 heteroatoms. The van der Waals surface area contributed by atoms with Crippen LogP contribution >= 0.6 is 11.6 Å². The van der Waals surface area contributed by atoms with Crippen molar-refractivity contribution in [2.24, 2.45) is 0 Å². The molecular formula is C17H17ClN2O3. The minimum Gasteiger partial charge on any atom is -0.387 e. The molecule has 120 valence electrons. The van der Waals surface area contributed by atoms with Crippen LogP contribution < -0.4 is 10.6 Å². The lowest BCUT2D eigenvalue weighted by atomic mass is 10.1. The van der Waals surface area contributed by atoms with E-state index in [1.54, 1.807) is 36.4 Å². The van der Waals surface area contributed by atoms with E-state index < -0.39 is 17.9 Å². The summed E-state index contributed by atoms with van der Waals surface area (Å²) in [5.74, 6) is -1.58. The molecule has 5 nitrogen and oxygen atoms in total. The van der Waals surface area contributed by atoms with Crippen LogP contribution in [0, 0.1) is 6.92 Å².